The lowest BCUT2D eigenvalue weighted by atomic mass is 10.2. The Morgan fingerprint density at radius 2 is 2.12 bits per heavy atom. The van der Waals surface area contributed by atoms with Crippen LogP contribution in [0.5, 0.6) is 0 Å². The molecule has 0 bridgehead atoms. The standard InChI is InChI=1S/C14H21BrN2/c1-2-17(13-7-8-13)10-9-16-11-12-5-3-4-6-14(12)15/h3-6,13,16H,2,7-11H2,1H3. The first-order valence-electron chi connectivity index (χ1n) is 6.49. The largest absolute Gasteiger partial charge is 0.311 e. The molecule has 1 fully saturated rings. The van der Waals surface area contributed by atoms with E-state index in [9.17, 15) is 0 Å². The molecule has 0 aromatic heterocycles. The van der Waals surface area contributed by atoms with E-state index in [2.05, 4.69) is 57.3 Å². The van der Waals surface area contributed by atoms with Crippen LogP contribution in [0.4, 0.5) is 0 Å². The van der Waals surface area contributed by atoms with Crippen LogP contribution in [-0.4, -0.2) is 30.6 Å². The van der Waals surface area contributed by atoms with Gasteiger partial charge in [-0.25, -0.2) is 0 Å². The molecule has 2 nitrogen and oxygen atoms in total. The number of rotatable bonds is 7. The lowest BCUT2D eigenvalue weighted by Gasteiger charge is -2.19. The molecule has 1 saturated carbocycles. The summed E-state index contributed by atoms with van der Waals surface area (Å²) in [5, 5.41) is 3.52. The summed E-state index contributed by atoms with van der Waals surface area (Å²) in [5.41, 5.74) is 1.34. The second-order valence-corrected chi connectivity index (χ2v) is 5.48. The molecule has 1 N–H and O–H groups in total. The third-order valence-corrected chi connectivity index (χ3v) is 4.09. The quantitative estimate of drug-likeness (QED) is 0.778. The van der Waals surface area contributed by atoms with Gasteiger partial charge in [-0.2, -0.15) is 0 Å². The average molecular weight is 297 g/mol. The molecule has 2 rings (SSSR count). The Kier molecular flexibility index (Phi) is 5.01. The van der Waals surface area contributed by atoms with E-state index < -0.39 is 0 Å². The zero-order valence-corrected chi connectivity index (χ0v) is 12.0. The normalized spacial score (nSPS) is 15.5. The van der Waals surface area contributed by atoms with Crippen molar-refractivity contribution in [3.63, 3.8) is 0 Å². The molecule has 0 aliphatic heterocycles. The van der Waals surface area contributed by atoms with Crippen LogP contribution in [0.3, 0.4) is 0 Å². The maximum absolute atomic E-state index is 3.57. The van der Waals surface area contributed by atoms with E-state index >= 15 is 0 Å². The van der Waals surface area contributed by atoms with Gasteiger partial charge >= 0.3 is 0 Å². The summed E-state index contributed by atoms with van der Waals surface area (Å²) in [4.78, 5) is 2.58. The fraction of sp³-hybridized carbons (Fsp3) is 0.571. The summed E-state index contributed by atoms with van der Waals surface area (Å²) in [6.45, 7) is 6.63. The number of hydrogen-bond donors (Lipinski definition) is 1. The van der Waals surface area contributed by atoms with Crippen molar-refractivity contribution in [1.82, 2.24) is 10.2 Å². The van der Waals surface area contributed by atoms with E-state index in [-0.39, 0.29) is 0 Å². The van der Waals surface area contributed by atoms with Gasteiger partial charge in [0, 0.05) is 30.1 Å². The van der Waals surface area contributed by atoms with E-state index in [1.54, 1.807) is 0 Å². The summed E-state index contributed by atoms with van der Waals surface area (Å²) in [6.07, 6.45) is 2.80. The SMILES string of the molecule is CCN(CCNCc1ccccc1Br)C1CC1. The number of likely N-dealkylation sites (N-methyl/N-ethyl adjacent to an activating group) is 1. The van der Waals surface area contributed by atoms with Gasteiger partial charge in [-0.3, -0.25) is 4.90 Å². The summed E-state index contributed by atoms with van der Waals surface area (Å²) in [5.74, 6) is 0. The molecule has 1 aliphatic carbocycles. The van der Waals surface area contributed by atoms with Crippen LogP contribution in [0.15, 0.2) is 28.7 Å². The van der Waals surface area contributed by atoms with Gasteiger partial charge in [0.15, 0.2) is 0 Å². The first-order valence-corrected chi connectivity index (χ1v) is 7.28. The summed E-state index contributed by atoms with van der Waals surface area (Å²) in [6, 6.07) is 9.28. The van der Waals surface area contributed by atoms with Crippen LogP contribution >= 0.6 is 15.9 Å². The molecule has 17 heavy (non-hydrogen) atoms. The molecule has 1 aliphatic rings. The first kappa shape index (κ1) is 13.1. The van der Waals surface area contributed by atoms with Gasteiger partial charge < -0.3 is 5.32 Å². The molecule has 0 atom stereocenters. The highest BCUT2D eigenvalue weighted by Gasteiger charge is 2.26. The number of hydrogen-bond acceptors (Lipinski definition) is 2. The highest BCUT2D eigenvalue weighted by molar-refractivity contribution is 9.10. The maximum atomic E-state index is 3.57. The smallest absolute Gasteiger partial charge is 0.0220 e. The Morgan fingerprint density at radius 3 is 2.76 bits per heavy atom. The van der Waals surface area contributed by atoms with E-state index in [1.807, 2.05) is 0 Å². The van der Waals surface area contributed by atoms with Gasteiger partial charge in [0.25, 0.3) is 0 Å². The van der Waals surface area contributed by atoms with Gasteiger partial charge in [-0.05, 0) is 31.0 Å². The molecule has 0 spiro atoms. The molecule has 0 unspecified atom stereocenters. The third-order valence-electron chi connectivity index (χ3n) is 3.32. The van der Waals surface area contributed by atoms with Crippen LogP contribution in [0.2, 0.25) is 0 Å². The number of nitrogens with zero attached hydrogens (tertiary/aromatic N) is 1. The molecular weight excluding hydrogens is 276 g/mol. The summed E-state index contributed by atoms with van der Waals surface area (Å²) in [7, 11) is 0. The molecule has 3 heteroatoms. The van der Waals surface area contributed by atoms with E-state index in [0.29, 0.717) is 0 Å². The molecule has 0 heterocycles. The highest BCUT2D eigenvalue weighted by Crippen LogP contribution is 2.25. The Balaban J connectivity index is 1.67. The minimum atomic E-state index is 0.880. The predicted octanol–water partition coefficient (Wildman–Crippen LogP) is 3.02. The van der Waals surface area contributed by atoms with Crippen molar-refractivity contribution in [3.05, 3.63) is 34.3 Å². The van der Waals surface area contributed by atoms with Crippen LogP contribution in [0, 0.1) is 0 Å². The molecule has 1 aromatic rings. The van der Waals surface area contributed by atoms with Gasteiger partial charge in [-0.1, -0.05) is 41.1 Å². The number of benzene rings is 1. The maximum Gasteiger partial charge on any atom is 0.0220 e. The second kappa shape index (κ2) is 6.53. The molecule has 0 amide bonds. The van der Waals surface area contributed by atoms with Gasteiger partial charge in [0.2, 0.25) is 0 Å². The molecular formula is C14H21BrN2. The van der Waals surface area contributed by atoms with Crippen molar-refractivity contribution in [1.29, 1.82) is 0 Å². The summed E-state index contributed by atoms with van der Waals surface area (Å²) >= 11 is 3.57. The van der Waals surface area contributed by atoms with Gasteiger partial charge in [0.1, 0.15) is 0 Å². The van der Waals surface area contributed by atoms with Crippen molar-refractivity contribution in [3.8, 4) is 0 Å². The van der Waals surface area contributed by atoms with Crippen molar-refractivity contribution >= 4 is 15.9 Å². The Bertz CT molecular complexity index is 350. The predicted molar refractivity (Wildman–Crippen MR) is 76.1 cm³/mol. The first-order chi connectivity index (χ1) is 8.31. The molecule has 1 aromatic carbocycles. The molecule has 0 saturated heterocycles. The Labute approximate surface area is 113 Å². The zero-order valence-electron chi connectivity index (χ0n) is 10.5. The minimum absolute atomic E-state index is 0.880. The van der Waals surface area contributed by atoms with Crippen molar-refractivity contribution in [2.75, 3.05) is 19.6 Å². The van der Waals surface area contributed by atoms with Crippen LogP contribution in [-0.2, 0) is 6.54 Å². The monoisotopic (exact) mass is 296 g/mol. The van der Waals surface area contributed by atoms with Crippen LogP contribution in [0.25, 0.3) is 0 Å². The van der Waals surface area contributed by atoms with Gasteiger partial charge in [-0.15, -0.1) is 0 Å². The minimum Gasteiger partial charge on any atom is -0.311 e. The molecule has 94 valence electrons. The Morgan fingerprint density at radius 1 is 1.35 bits per heavy atom. The number of halogens is 1. The lowest BCUT2D eigenvalue weighted by molar-refractivity contribution is 0.277. The highest BCUT2D eigenvalue weighted by atomic mass is 79.9. The second-order valence-electron chi connectivity index (χ2n) is 4.63. The summed E-state index contributed by atoms with van der Waals surface area (Å²) < 4.78 is 1.20. The Hall–Kier alpha value is -0.380. The van der Waals surface area contributed by atoms with E-state index in [0.717, 1.165) is 19.1 Å². The van der Waals surface area contributed by atoms with Crippen molar-refractivity contribution in [2.24, 2.45) is 0 Å². The fourth-order valence-electron chi connectivity index (χ4n) is 2.13. The van der Waals surface area contributed by atoms with E-state index in [4.69, 9.17) is 0 Å². The fourth-order valence-corrected chi connectivity index (χ4v) is 2.55. The third kappa shape index (κ3) is 4.09. The van der Waals surface area contributed by atoms with Crippen molar-refractivity contribution in [2.45, 2.75) is 32.4 Å². The number of nitrogens with one attached hydrogen (secondary N) is 1. The van der Waals surface area contributed by atoms with Crippen molar-refractivity contribution < 1.29 is 0 Å². The van der Waals surface area contributed by atoms with Crippen LogP contribution in [0.1, 0.15) is 25.3 Å². The lowest BCUT2D eigenvalue weighted by Crippen LogP contribution is -2.33. The molecule has 0 radical (unpaired) electrons. The zero-order chi connectivity index (χ0) is 12.1. The average Bonchev–Trinajstić information content (AvgIpc) is 3.16. The topological polar surface area (TPSA) is 15.3 Å². The van der Waals surface area contributed by atoms with E-state index in [1.165, 1.54) is 36.0 Å². The van der Waals surface area contributed by atoms with Gasteiger partial charge in [0.05, 0.1) is 0 Å². The van der Waals surface area contributed by atoms with Crippen LogP contribution < -0.4 is 5.32 Å².